The SMILES string of the molecule is CC(C)[NH+]1CCC(N2C[C@@]34C=C[C@H](O3)[C@@H](C(=O)[O-])[C@@H]4C2=O)CC1. The van der Waals surface area contributed by atoms with Crippen molar-refractivity contribution in [2.75, 3.05) is 19.6 Å². The van der Waals surface area contributed by atoms with E-state index in [1.54, 1.807) is 11.0 Å². The van der Waals surface area contributed by atoms with Crippen molar-refractivity contribution in [2.45, 2.75) is 50.5 Å². The Morgan fingerprint density at radius 1 is 1.43 bits per heavy atom. The molecule has 0 aromatic rings. The molecule has 4 atom stereocenters. The van der Waals surface area contributed by atoms with E-state index in [1.807, 2.05) is 11.0 Å². The minimum absolute atomic E-state index is 0.0518. The Morgan fingerprint density at radius 3 is 2.74 bits per heavy atom. The molecule has 1 spiro atoms. The minimum Gasteiger partial charge on any atom is -0.550 e. The predicted molar refractivity (Wildman–Crippen MR) is 79.3 cm³/mol. The van der Waals surface area contributed by atoms with Crippen molar-refractivity contribution in [3.8, 4) is 0 Å². The topological polar surface area (TPSA) is 74.1 Å². The van der Waals surface area contributed by atoms with E-state index in [-0.39, 0.29) is 11.9 Å². The van der Waals surface area contributed by atoms with Gasteiger partial charge in [0.05, 0.1) is 37.7 Å². The van der Waals surface area contributed by atoms with Gasteiger partial charge in [-0.1, -0.05) is 12.2 Å². The number of nitrogens with one attached hydrogen (secondary N) is 1. The smallest absolute Gasteiger partial charge is 0.230 e. The molecule has 0 aliphatic carbocycles. The molecule has 23 heavy (non-hydrogen) atoms. The zero-order valence-corrected chi connectivity index (χ0v) is 13.7. The summed E-state index contributed by atoms with van der Waals surface area (Å²) in [5, 5.41) is 11.5. The van der Waals surface area contributed by atoms with Gasteiger partial charge in [0.25, 0.3) is 0 Å². The lowest BCUT2D eigenvalue weighted by Crippen LogP contribution is -3.16. The monoisotopic (exact) mass is 320 g/mol. The highest BCUT2D eigenvalue weighted by Gasteiger charge is 2.66. The van der Waals surface area contributed by atoms with Gasteiger partial charge >= 0.3 is 0 Å². The fourth-order valence-electron chi connectivity index (χ4n) is 4.97. The molecule has 3 saturated heterocycles. The van der Waals surface area contributed by atoms with Crippen molar-refractivity contribution in [2.24, 2.45) is 11.8 Å². The number of carboxylic acid groups (broad SMARTS) is 1. The van der Waals surface area contributed by atoms with Gasteiger partial charge in [0.15, 0.2) is 0 Å². The van der Waals surface area contributed by atoms with E-state index in [2.05, 4.69) is 13.8 Å². The Morgan fingerprint density at radius 2 is 2.13 bits per heavy atom. The molecular formula is C17H24N2O4. The molecule has 1 amide bonds. The Hall–Kier alpha value is -1.40. The Labute approximate surface area is 136 Å². The first kappa shape index (κ1) is 15.1. The lowest BCUT2D eigenvalue weighted by molar-refractivity contribution is -0.926. The quantitative estimate of drug-likeness (QED) is 0.609. The van der Waals surface area contributed by atoms with E-state index in [0.717, 1.165) is 25.9 Å². The summed E-state index contributed by atoms with van der Waals surface area (Å²) in [6.45, 7) is 7.07. The zero-order chi connectivity index (χ0) is 16.4. The Balaban J connectivity index is 1.52. The molecule has 4 rings (SSSR count). The van der Waals surface area contributed by atoms with Gasteiger partial charge in [0.2, 0.25) is 5.91 Å². The molecule has 126 valence electrons. The van der Waals surface area contributed by atoms with Crippen LogP contribution in [0.4, 0.5) is 0 Å². The van der Waals surface area contributed by atoms with Crippen molar-refractivity contribution < 1.29 is 24.3 Å². The summed E-state index contributed by atoms with van der Waals surface area (Å²) in [6, 6.07) is 0.816. The summed E-state index contributed by atoms with van der Waals surface area (Å²) < 4.78 is 5.91. The van der Waals surface area contributed by atoms with Crippen LogP contribution in [0.5, 0.6) is 0 Å². The summed E-state index contributed by atoms with van der Waals surface area (Å²) in [4.78, 5) is 27.9. The third-order valence-electron chi connectivity index (χ3n) is 6.26. The number of hydrogen-bond donors (Lipinski definition) is 1. The number of amides is 1. The molecule has 6 heteroatoms. The molecule has 0 radical (unpaired) electrons. The Kier molecular flexibility index (Phi) is 3.32. The van der Waals surface area contributed by atoms with Crippen molar-refractivity contribution in [1.29, 1.82) is 0 Å². The number of nitrogens with zero attached hydrogens (tertiary/aromatic N) is 1. The van der Waals surface area contributed by atoms with Gasteiger partial charge in [-0.25, -0.2) is 0 Å². The summed E-state index contributed by atoms with van der Waals surface area (Å²) in [5.41, 5.74) is -0.728. The first-order chi connectivity index (χ1) is 10.9. The molecule has 0 aromatic heterocycles. The number of ether oxygens (including phenoxy) is 1. The van der Waals surface area contributed by atoms with Crippen molar-refractivity contribution in [3.05, 3.63) is 12.2 Å². The number of piperidine rings is 1. The lowest BCUT2D eigenvalue weighted by Gasteiger charge is -2.37. The third kappa shape index (κ3) is 2.08. The van der Waals surface area contributed by atoms with E-state index in [9.17, 15) is 14.7 Å². The second-order valence-corrected chi connectivity index (χ2v) is 7.73. The van der Waals surface area contributed by atoms with Crippen molar-refractivity contribution in [3.63, 3.8) is 0 Å². The number of aliphatic carboxylic acids is 1. The van der Waals surface area contributed by atoms with Crippen LogP contribution < -0.4 is 10.0 Å². The van der Waals surface area contributed by atoms with E-state index in [0.29, 0.717) is 12.6 Å². The predicted octanol–water partition coefficient (Wildman–Crippen LogP) is -2.03. The normalized spacial score (nSPS) is 45.1. The molecule has 6 nitrogen and oxygen atoms in total. The van der Waals surface area contributed by atoms with Gasteiger partial charge in [-0.15, -0.1) is 0 Å². The second kappa shape index (κ2) is 5.05. The van der Waals surface area contributed by atoms with Gasteiger partial charge in [-0.3, -0.25) is 4.79 Å². The maximum absolute atomic E-state index is 12.9. The Bertz CT molecular complexity index is 567. The highest BCUT2D eigenvalue weighted by atomic mass is 16.5. The van der Waals surface area contributed by atoms with Crippen LogP contribution in [0.2, 0.25) is 0 Å². The van der Waals surface area contributed by atoms with E-state index < -0.39 is 29.5 Å². The first-order valence-corrected chi connectivity index (χ1v) is 8.66. The summed E-state index contributed by atoms with van der Waals surface area (Å²) in [6.07, 6.45) is 5.16. The van der Waals surface area contributed by atoms with Crippen molar-refractivity contribution in [1.82, 2.24) is 4.90 Å². The van der Waals surface area contributed by atoms with Crippen LogP contribution in [0.1, 0.15) is 26.7 Å². The lowest BCUT2D eigenvalue weighted by atomic mass is 9.77. The largest absolute Gasteiger partial charge is 0.550 e. The van der Waals surface area contributed by atoms with Gasteiger partial charge in [-0.05, 0) is 13.8 Å². The third-order valence-corrected chi connectivity index (χ3v) is 6.26. The highest BCUT2D eigenvalue weighted by Crippen LogP contribution is 2.52. The fourth-order valence-corrected chi connectivity index (χ4v) is 4.97. The van der Waals surface area contributed by atoms with Crippen LogP contribution in [-0.4, -0.2) is 60.2 Å². The second-order valence-electron chi connectivity index (χ2n) is 7.73. The number of hydrogen-bond acceptors (Lipinski definition) is 4. The number of fused-ring (bicyclic) bond motifs is 1. The van der Waals surface area contributed by atoms with Gasteiger partial charge in [-0.2, -0.15) is 0 Å². The molecular weight excluding hydrogens is 296 g/mol. The fraction of sp³-hybridized carbons (Fsp3) is 0.765. The summed E-state index contributed by atoms with van der Waals surface area (Å²) in [5.74, 6) is -2.65. The van der Waals surface area contributed by atoms with E-state index >= 15 is 0 Å². The molecule has 4 aliphatic heterocycles. The van der Waals surface area contributed by atoms with Crippen LogP contribution in [0.15, 0.2) is 12.2 Å². The molecule has 3 fully saturated rings. The van der Waals surface area contributed by atoms with Crippen LogP contribution in [0.25, 0.3) is 0 Å². The molecule has 1 N–H and O–H groups in total. The highest BCUT2D eigenvalue weighted by molar-refractivity contribution is 5.90. The summed E-state index contributed by atoms with van der Waals surface area (Å²) >= 11 is 0. The van der Waals surface area contributed by atoms with Crippen LogP contribution in [0, 0.1) is 11.8 Å². The molecule has 4 heterocycles. The van der Waals surface area contributed by atoms with Crippen LogP contribution in [-0.2, 0) is 14.3 Å². The van der Waals surface area contributed by atoms with Crippen molar-refractivity contribution >= 4 is 11.9 Å². The maximum atomic E-state index is 12.9. The number of quaternary nitrogens is 1. The van der Waals surface area contributed by atoms with Crippen LogP contribution in [0.3, 0.4) is 0 Å². The van der Waals surface area contributed by atoms with Gasteiger partial charge in [0.1, 0.15) is 5.60 Å². The standard InChI is InChI=1S/C17H24N2O4/c1-10(2)18-7-4-11(5-8-18)19-9-17-6-3-12(23-17)13(16(21)22)14(17)15(19)20/h3,6,10-14H,4-5,7-9H2,1-2H3,(H,21,22)/t12-,13+,14+,17+/m0/s1. The number of carbonyl (C=O) groups is 2. The molecule has 4 aliphatic rings. The van der Waals surface area contributed by atoms with E-state index in [4.69, 9.17) is 4.74 Å². The average molecular weight is 320 g/mol. The van der Waals surface area contributed by atoms with E-state index in [1.165, 1.54) is 0 Å². The number of carboxylic acids is 1. The average Bonchev–Trinajstić information content (AvgIpc) is 3.15. The first-order valence-electron chi connectivity index (χ1n) is 8.66. The van der Waals surface area contributed by atoms with Gasteiger partial charge in [0, 0.05) is 30.8 Å². The minimum atomic E-state index is -1.17. The zero-order valence-electron chi connectivity index (χ0n) is 13.7. The molecule has 0 aromatic carbocycles. The molecule has 0 saturated carbocycles. The van der Waals surface area contributed by atoms with Gasteiger partial charge < -0.3 is 24.4 Å². The summed E-state index contributed by atoms with van der Waals surface area (Å²) in [7, 11) is 0. The molecule has 2 bridgehead atoms. The van der Waals surface area contributed by atoms with Crippen LogP contribution >= 0.6 is 0 Å². The number of likely N-dealkylation sites (tertiary alicyclic amines) is 2. The molecule has 0 unspecified atom stereocenters. The maximum Gasteiger partial charge on any atom is 0.230 e. The number of rotatable bonds is 3. The number of carbonyl (C=O) groups excluding carboxylic acids is 2.